The maximum absolute atomic E-state index is 13.4. The lowest BCUT2D eigenvalue weighted by atomic mass is 10.1. The zero-order valence-electron chi connectivity index (χ0n) is 15.6. The molecule has 2 aromatic rings. The molecule has 142 valence electrons. The number of benzene rings is 1. The Hall–Kier alpha value is -2.38. The molecule has 7 heteroatoms. The van der Waals surface area contributed by atoms with Crippen molar-refractivity contribution in [1.29, 1.82) is 0 Å². The van der Waals surface area contributed by atoms with Crippen molar-refractivity contribution < 1.29 is 14.3 Å². The first-order valence-corrected chi connectivity index (χ1v) is 9.61. The highest BCUT2D eigenvalue weighted by Crippen LogP contribution is 2.28. The average Bonchev–Trinajstić information content (AvgIpc) is 3.29. The van der Waals surface area contributed by atoms with Crippen LogP contribution < -0.4 is 4.74 Å². The van der Waals surface area contributed by atoms with Crippen LogP contribution in [0.4, 0.5) is 0 Å². The van der Waals surface area contributed by atoms with E-state index >= 15 is 0 Å². The second-order valence-electron chi connectivity index (χ2n) is 7.43. The Morgan fingerprint density at radius 1 is 1.22 bits per heavy atom. The molecule has 0 saturated carbocycles. The smallest absolute Gasteiger partial charge is 0.275 e. The maximum atomic E-state index is 13.4. The third kappa shape index (κ3) is 2.82. The Morgan fingerprint density at radius 2 is 2.07 bits per heavy atom. The van der Waals surface area contributed by atoms with Gasteiger partial charge in [0.1, 0.15) is 5.75 Å². The highest BCUT2D eigenvalue weighted by atomic mass is 16.5. The highest BCUT2D eigenvalue weighted by Gasteiger charge is 2.38. The van der Waals surface area contributed by atoms with Gasteiger partial charge in [-0.15, -0.1) is 0 Å². The Morgan fingerprint density at radius 3 is 2.89 bits per heavy atom. The van der Waals surface area contributed by atoms with E-state index in [0.717, 1.165) is 61.7 Å². The lowest BCUT2D eigenvalue weighted by molar-refractivity contribution is 0.0593. The molecule has 0 radical (unpaired) electrons. The van der Waals surface area contributed by atoms with E-state index in [4.69, 9.17) is 14.6 Å². The molecule has 2 atom stereocenters. The van der Waals surface area contributed by atoms with Crippen LogP contribution in [0.3, 0.4) is 0 Å². The summed E-state index contributed by atoms with van der Waals surface area (Å²) in [4.78, 5) is 17.8. The van der Waals surface area contributed by atoms with Crippen LogP contribution in [0.2, 0.25) is 0 Å². The molecule has 3 aliphatic rings. The van der Waals surface area contributed by atoms with E-state index in [1.54, 1.807) is 7.11 Å². The molecule has 27 heavy (non-hydrogen) atoms. The van der Waals surface area contributed by atoms with Crippen LogP contribution in [-0.2, 0) is 17.8 Å². The number of carbonyl (C=O) groups excluding carboxylic acids is 1. The van der Waals surface area contributed by atoms with E-state index in [9.17, 15) is 4.79 Å². The summed E-state index contributed by atoms with van der Waals surface area (Å²) in [6.45, 7) is 4.94. The Kier molecular flexibility index (Phi) is 4.13. The van der Waals surface area contributed by atoms with Crippen LogP contribution in [0.1, 0.15) is 28.2 Å². The normalized spacial score (nSPS) is 24.0. The van der Waals surface area contributed by atoms with Gasteiger partial charge in [0.15, 0.2) is 5.69 Å². The molecule has 1 aromatic carbocycles. The van der Waals surface area contributed by atoms with Gasteiger partial charge in [0, 0.05) is 44.2 Å². The van der Waals surface area contributed by atoms with Gasteiger partial charge >= 0.3 is 0 Å². The summed E-state index contributed by atoms with van der Waals surface area (Å²) in [5, 5.41) is 4.77. The number of rotatable bonds is 3. The van der Waals surface area contributed by atoms with Crippen molar-refractivity contribution in [2.45, 2.75) is 25.5 Å². The van der Waals surface area contributed by atoms with Gasteiger partial charge in [-0.2, -0.15) is 5.10 Å². The van der Waals surface area contributed by atoms with Gasteiger partial charge in [-0.3, -0.25) is 9.69 Å². The van der Waals surface area contributed by atoms with E-state index in [1.807, 2.05) is 33.8 Å². The number of methoxy groups -OCH3 is 1. The molecule has 1 aromatic heterocycles. The Balaban J connectivity index is 1.52. The second kappa shape index (κ2) is 6.65. The fourth-order valence-electron chi connectivity index (χ4n) is 4.45. The molecule has 4 heterocycles. The highest BCUT2D eigenvalue weighted by molar-refractivity contribution is 5.94. The van der Waals surface area contributed by atoms with Gasteiger partial charge in [0.05, 0.1) is 31.7 Å². The Bertz CT molecular complexity index is 861. The average molecular weight is 368 g/mol. The number of fused-ring (bicyclic) bond motifs is 3. The number of nitrogens with zero attached hydrogens (tertiary/aromatic N) is 4. The predicted octanol–water partition coefficient (Wildman–Crippen LogP) is 1.48. The lowest BCUT2D eigenvalue weighted by Crippen LogP contribution is -2.49. The Labute approximate surface area is 158 Å². The van der Waals surface area contributed by atoms with Gasteiger partial charge in [-0.1, -0.05) is 0 Å². The third-order valence-electron chi connectivity index (χ3n) is 5.95. The van der Waals surface area contributed by atoms with E-state index in [0.29, 0.717) is 24.9 Å². The molecule has 0 N–H and O–H groups in total. The van der Waals surface area contributed by atoms with Crippen molar-refractivity contribution in [3.63, 3.8) is 0 Å². The zero-order chi connectivity index (χ0) is 18.4. The molecule has 3 aliphatic heterocycles. The lowest BCUT2D eigenvalue weighted by Gasteiger charge is -2.34. The minimum absolute atomic E-state index is 0.0514. The molecule has 1 unspecified atom stereocenters. The van der Waals surface area contributed by atoms with Gasteiger partial charge in [-0.25, -0.2) is 4.68 Å². The number of aromatic nitrogens is 2. The van der Waals surface area contributed by atoms with Crippen LogP contribution >= 0.6 is 0 Å². The number of hydrogen-bond donors (Lipinski definition) is 0. The predicted molar refractivity (Wildman–Crippen MR) is 99.4 cm³/mol. The molecule has 2 fully saturated rings. The van der Waals surface area contributed by atoms with Gasteiger partial charge in [-0.05, 0) is 30.7 Å². The molecule has 7 nitrogen and oxygen atoms in total. The number of carbonyl (C=O) groups is 1. The molecule has 0 spiro atoms. The molecule has 2 bridgehead atoms. The topological polar surface area (TPSA) is 59.8 Å². The molecular formula is C20H24N4O3. The van der Waals surface area contributed by atoms with Gasteiger partial charge < -0.3 is 14.4 Å². The molecule has 1 amide bonds. The summed E-state index contributed by atoms with van der Waals surface area (Å²) in [5.41, 5.74) is 3.53. The third-order valence-corrected chi connectivity index (χ3v) is 5.95. The number of amides is 1. The van der Waals surface area contributed by atoms with E-state index < -0.39 is 0 Å². The molecule has 2 saturated heterocycles. The summed E-state index contributed by atoms with van der Waals surface area (Å²) in [6, 6.07) is 8.11. The maximum Gasteiger partial charge on any atom is 0.275 e. The van der Waals surface area contributed by atoms with E-state index in [1.165, 1.54) is 0 Å². The van der Waals surface area contributed by atoms with Crippen LogP contribution in [0.5, 0.6) is 5.75 Å². The SMILES string of the molecule is COc1ccc(-n2nc(C(=O)N3CCN4CC[C@@H]3C4)c3c2CCOC3)cc1. The molecule has 5 rings (SSSR count). The standard InChI is InChI=1S/C20H24N4O3/c1-26-16-4-2-14(3-5-16)24-18-7-11-27-13-17(18)19(21-24)20(25)23-10-9-22-8-6-15(23)12-22/h2-5,15H,6-13H2,1H3/t15-/m1/s1. The second-order valence-corrected chi connectivity index (χ2v) is 7.43. The van der Waals surface area contributed by atoms with Gasteiger partial charge in [0.25, 0.3) is 5.91 Å². The van der Waals surface area contributed by atoms with E-state index in [2.05, 4.69) is 4.90 Å². The summed E-state index contributed by atoms with van der Waals surface area (Å²) in [7, 11) is 1.65. The number of hydrogen-bond acceptors (Lipinski definition) is 5. The molecule has 0 aliphatic carbocycles. The first kappa shape index (κ1) is 16.8. The van der Waals surface area contributed by atoms with Crippen LogP contribution in [0.15, 0.2) is 24.3 Å². The summed E-state index contributed by atoms with van der Waals surface area (Å²) in [5.74, 6) is 0.856. The zero-order valence-corrected chi connectivity index (χ0v) is 15.6. The summed E-state index contributed by atoms with van der Waals surface area (Å²) >= 11 is 0. The van der Waals surface area contributed by atoms with Crippen LogP contribution in [0.25, 0.3) is 5.69 Å². The van der Waals surface area contributed by atoms with Crippen molar-refractivity contribution in [2.24, 2.45) is 0 Å². The van der Waals surface area contributed by atoms with Crippen molar-refractivity contribution in [3.8, 4) is 11.4 Å². The van der Waals surface area contributed by atoms with Crippen LogP contribution in [-0.4, -0.2) is 71.4 Å². The van der Waals surface area contributed by atoms with Crippen molar-refractivity contribution in [2.75, 3.05) is 39.9 Å². The van der Waals surface area contributed by atoms with Crippen LogP contribution in [0, 0.1) is 0 Å². The minimum atomic E-state index is 0.0514. The van der Waals surface area contributed by atoms with Crippen molar-refractivity contribution in [1.82, 2.24) is 19.6 Å². The number of piperazine rings is 1. The van der Waals surface area contributed by atoms with Crippen molar-refractivity contribution in [3.05, 3.63) is 41.2 Å². The quantitative estimate of drug-likeness (QED) is 0.821. The van der Waals surface area contributed by atoms with Crippen molar-refractivity contribution >= 4 is 5.91 Å². The number of ether oxygens (including phenoxy) is 2. The van der Waals surface area contributed by atoms with E-state index in [-0.39, 0.29) is 5.91 Å². The summed E-state index contributed by atoms with van der Waals surface area (Å²) < 4.78 is 12.8. The summed E-state index contributed by atoms with van der Waals surface area (Å²) in [6.07, 6.45) is 1.82. The minimum Gasteiger partial charge on any atom is -0.497 e. The van der Waals surface area contributed by atoms with Gasteiger partial charge in [0.2, 0.25) is 0 Å². The molecular weight excluding hydrogens is 344 g/mol. The monoisotopic (exact) mass is 368 g/mol. The largest absolute Gasteiger partial charge is 0.497 e. The fourth-order valence-corrected chi connectivity index (χ4v) is 4.45. The fraction of sp³-hybridized carbons (Fsp3) is 0.500. The first-order valence-electron chi connectivity index (χ1n) is 9.61. The first-order chi connectivity index (χ1) is 13.2.